The minimum absolute atomic E-state index is 0.286. The maximum absolute atomic E-state index is 14.8. The Bertz CT molecular complexity index is 1120. The first-order valence-electron chi connectivity index (χ1n) is 10.8. The highest BCUT2D eigenvalue weighted by Gasteiger charge is 2.30. The van der Waals surface area contributed by atoms with Crippen LogP contribution < -0.4 is 15.5 Å². The first-order valence-corrected chi connectivity index (χ1v) is 12.1. The van der Waals surface area contributed by atoms with Gasteiger partial charge in [0.05, 0.1) is 5.69 Å². The Kier molecular flexibility index (Phi) is 6.97. The summed E-state index contributed by atoms with van der Waals surface area (Å²) in [7, 11) is 0. The minimum atomic E-state index is -0.891. The number of amides is 1. The lowest BCUT2D eigenvalue weighted by Crippen LogP contribution is -2.43. The standard InChI is InChI=1S/C24H25ClF2N4OS/c1-3-24(2,15-4-6-16(25)7-5-15)20-14-33-23(29-20)30-22(32)21-18(26)12-17(13-19(21)27)31-10-8-28-9-11-31/h4-7,12-14,28H,3,8-11H2,1-2H3,(H,29,30,32)/t24-/m0/s1. The van der Waals surface area contributed by atoms with Gasteiger partial charge in [-0.25, -0.2) is 13.8 Å². The quantitative estimate of drug-likeness (QED) is 0.482. The number of halogens is 3. The van der Waals surface area contributed by atoms with Crippen molar-refractivity contribution in [3.8, 4) is 0 Å². The summed E-state index contributed by atoms with van der Waals surface area (Å²) in [6, 6.07) is 9.99. The van der Waals surface area contributed by atoms with Gasteiger partial charge >= 0.3 is 0 Å². The molecule has 1 fully saturated rings. The van der Waals surface area contributed by atoms with E-state index in [-0.39, 0.29) is 5.13 Å². The molecule has 1 saturated heterocycles. The van der Waals surface area contributed by atoms with Gasteiger partial charge < -0.3 is 10.2 Å². The summed E-state index contributed by atoms with van der Waals surface area (Å²) in [5.74, 6) is -2.64. The second kappa shape index (κ2) is 9.75. The normalized spacial score (nSPS) is 15.8. The van der Waals surface area contributed by atoms with Gasteiger partial charge in [-0.3, -0.25) is 10.1 Å². The number of aromatic nitrogens is 1. The second-order valence-electron chi connectivity index (χ2n) is 8.21. The van der Waals surface area contributed by atoms with E-state index in [1.54, 1.807) is 0 Å². The van der Waals surface area contributed by atoms with E-state index in [9.17, 15) is 13.6 Å². The predicted molar refractivity (Wildman–Crippen MR) is 130 cm³/mol. The summed E-state index contributed by atoms with van der Waals surface area (Å²) >= 11 is 7.24. The van der Waals surface area contributed by atoms with Crippen LogP contribution in [-0.4, -0.2) is 37.1 Å². The number of nitrogens with zero attached hydrogens (tertiary/aromatic N) is 2. The molecule has 1 aromatic heterocycles. The lowest BCUT2D eigenvalue weighted by molar-refractivity contribution is 0.101. The Balaban J connectivity index is 1.54. The van der Waals surface area contributed by atoms with E-state index in [1.807, 2.05) is 34.5 Å². The Labute approximate surface area is 200 Å². The van der Waals surface area contributed by atoms with Gasteiger partial charge in [-0.2, -0.15) is 0 Å². The number of anilines is 2. The summed E-state index contributed by atoms with van der Waals surface area (Å²) < 4.78 is 29.5. The first kappa shape index (κ1) is 23.6. The van der Waals surface area contributed by atoms with Crippen molar-refractivity contribution >= 4 is 39.7 Å². The number of piperazine rings is 1. The highest BCUT2D eigenvalue weighted by Crippen LogP contribution is 2.37. The predicted octanol–water partition coefficient (Wildman–Crippen LogP) is 5.45. The van der Waals surface area contributed by atoms with E-state index in [2.05, 4.69) is 29.5 Å². The molecule has 9 heteroatoms. The van der Waals surface area contributed by atoms with Crippen molar-refractivity contribution in [2.45, 2.75) is 25.7 Å². The van der Waals surface area contributed by atoms with Crippen LogP contribution in [0.15, 0.2) is 41.8 Å². The molecular weight excluding hydrogens is 466 g/mol. The zero-order valence-electron chi connectivity index (χ0n) is 18.4. The molecule has 4 rings (SSSR count). The van der Waals surface area contributed by atoms with E-state index >= 15 is 0 Å². The monoisotopic (exact) mass is 490 g/mol. The molecule has 3 aromatic rings. The highest BCUT2D eigenvalue weighted by atomic mass is 35.5. The Morgan fingerprint density at radius 3 is 2.45 bits per heavy atom. The van der Waals surface area contributed by atoms with Crippen molar-refractivity contribution in [2.75, 3.05) is 36.4 Å². The number of hydrogen-bond acceptors (Lipinski definition) is 5. The number of nitrogens with one attached hydrogen (secondary N) is 2. The van der Waals surface area contributed by atoms with Crippen molar-refractivity contribution in [3.63, 3.8) is 0 Å². The molecule has 0 aliphatic carbocycles. The van der Waals surface area contributed by atoms with Crippen molar-refractivity contribution in [1.82, 2.24) is 10.3 Å². The maximum atomic E-state index is 14.8. The van der Waals surface area contributed by atoms with Gasteiger partial charge in [-0.05, 0) is 43.2 Å². The van der Waals surface area contributed by atoms with E-state index in [0.29, 0.717) is 23.8 Å². The number of carbonyl (C=O) groups is 1. The molecule has 2 N–H and O–H groups in total. The summed E-state index contributed by atoms with van der Waals surface area (Å²) in [4.78, 5) is 19.2. The fourth-order valence-corrected chi connectivity index (χ4v) is 4.94. The van der Waals surface area contributed by atoms with Crippen LogP contribution in [0.2, 0.25) is 5.02 Å². The number of benzene rings is 2. The van der Waals surface area contributed by atoms with Crippen LogP contribution >= 0.6 is 22.9 Å². The summed E-state index contributed by atoms with van der Waals surface area (Å²) in [6.45, 7) is 6.89. The number of carbonyl (C=O) groups excluding carboxylic acids is 1. The minimum Gasteiger partial charge on any atom is -0.369 e. The van der Waals surface area contributed by atoms with Crippen LogP contribution in [0.1, 0.15) is 41.9 Å². The molecule has 2 aromatic carbocycles. The third-order valence-corrected chi connectivity index (χ3v) is 7.22. The molecule has 1 amide bonds. The maximum Gasteiger partial charge on any atom is 0.263 e. The summed E-state index contributed by atoms with van der Waals surface area (Å²) in [5.41, 5.74) is 1.23. The molecule has 174 valence electrons. The summed E-state index contributed by atoms with van der Waals surface area (Å²) in [5, 5.41) is 8.54. The lowest BCUT2D eigenvalue weighted by Gasteiger charge is -2.29. The van der Waals surface area contributed by atoms with Crippen molar-refractivity contribution in [1.29, 1.82) is 0 Å². The molecule has 1 atom stereocenters. The average Bonchev–Trinajstić information content (AvgIpc) is 3.28. The summed E-state index contributed by atoms with van der Waals surface area (Å²) in [6.07, 6.45) is 0.766. The fourth-order valence-electron chi connectivity index (χ4n) is 3.98. The zero-order chi connectivity index (χ0) is 23.6. The number of hydrogen-bond donors (Lipinski definition) is 2. The molecule has 1 aliphatic rings. The van der Waals surface area contributed by atoms with Crippen LogP contribution in [0, 0.1) is 11.6 Å². The van der Waals surface area contributed by atoms with Crippen LogP contribution in [0.25, 0.3) is 0 Å². The molecule has 0 bridgehead atoms. The highest BCUT2D eigenvalue weighted by molar-refractivity contribution is 7.14. The molecule has 0 saturated carbocycles. The largest absolute Gasteiger partial charge is 0.369 e. The zero-order valence-corrected chi connectivity index (χ0v) is 20.0. The molecule has 1 aliphatic heterocycles. The SMILES string of the molecule is CC[C@@](C)(c1ccc(Cl)cc1)c1csc(NC(=O)c2c(F)cc(N3CCNCC3)cc2F)n1. The van der Waals surface area contributed by atoms with Crippen molar-refractivity contribution < 1.29 is 13.6 Å². The van der Waals surface area contributed by atoms with E-state index < -0.39 is 28.5 Å². The van der Waals surface area contributed by atoms with Gasteiger partial charge in [-0.15, -0.1) is 11.3 Å². The van der Waals surface area contributed by atoms with Crippen molar-refractivity contribution in [2.24, 2.45) is 0 Å². The van der Waals surface area contributed by atoms with Crippen LogP contribution in [-0.2, 0) is 5.41 Å². The third-order valence-electron chi connectivity index (χ3n) is 6.21. The van der Waals surface area contributed by atoms with Gasteiger partial charge in [0.1, 0.15) is 17.2 Å². The molecular formula is C24H25ClF2N4OS. The van der Waals surface area contributed by atoms with Crippen LogP contribution in [0.4, 0.5) is 19.6 Å². The molecule has 0 unspecified atom stereocenters. The molecule has 0 radical (unpaired) electrons. The van der Waals surface area contributed by atoms with Crippen LogP contribution in [0.5, 0.6) is 0 Å². The third kappa shape index (κ3) is 4.88. The van der Waals surface area contributed by atoms with E-state index in [1.165, 1.54) is 23.5 Å². The van der Waals surface area contributed by atoms with Gasteiger partial charge in [0.15, 0.2) is 5.13 Å². The van der Waals surface area contributed by atoms with E-state index in [0.717, 1.165) is 30.8 Å². The van der Waals surface area contributed by atoms with Gasteiger partial charge in [0, 0.05) is 47.7 Å². The number of thiazole rings is 1. The second-order valence-corrected chi connectivity index (χ2v) is 9.50. The van der Waals surface area contributed by atoms with Gasteiger partial charge in [0.2, 0.25) is 0 Å². The topological polar surface area (TPSA) is 57.3 Å². The molecule has 0 spiro atoms. The van der Waals surface area contributed by atoms with Gasteiger partial charge in [0.25, 0.3) is 5.91 Å². The molecule has 33 heavy (non-hydrogen) atoms. The smallest absolute Gasteiger partial charge is 0.263 e. The average molecular weight is 491 g/mol. The lowest BCUT2D eigenvalue weighted by atomic mass is 9.78. The molecule has 2 heterocycles. The van der Waals surface area contributed by atoms with Crippen LogP contribution in [0.3, 0.4) is 0 Å². The fraction of sp³-hybridized carbons (Fsp3) is 0.333. The first-order chi connectivity index (χ1) is 15.8. The van der Waals surface area contributed by atoms with Gasteiger partial charge in [-0.1, -0.05) is 30.7 Å². The molecule has 5 nitrogen and oxygen atoms in total. The Morgan fingerprint density at radius 1 is 1.21 bits per heavy atom. The Hall–Kier alpha value is -2.55. The van der Waals surface area contributed by atoms with Crippen molar-refractivity contribution in [3.05, 3.63) is 75.3 Å². The van der Waals surface area contributed by atoms with E-state index in [4.69, 9.17) is 11.6 Å². The number of rotatable bonds is 6. The Morgan fingerprint density at radius 2 is 1.85 bits per heavy atom.